The van der Waals surface area contributed by atoms with Crippen LogP contribution in [0.4, 0.5) is 0 Å². The molecule has 1 N–H and O–H groups in total. The molecule has 0 aromatic carbocycles. The summed E-state index contributed by atoms with van der Waals surface area (Å²) in [6.45, 7) is 11.1. The first-order valence-corrected chi connectivity index (χ1v) is 7.98. The second-order valence-corrected chi connectivity index (χ2v) is 5.86. The Kier molecular flexibility index (Phi) is 5.03. The molecule has 0 saturated heterocycles. The Bertz CT molecular complexity index is 397. The molecule has 2 rings (SSSR count). The lowest BCUT2D eigenvalue weighted by atomic mass is 9.91. The number of aromatic nitrogens is 2. The summed E-state index contributed by atoms with van der Waals surface area (Å²) in [7, 11) is 0. The van der Waals surface area contributed by atoms with Crippen molar-refractivity contribution < 1.29 is 0 Å². The normalized spacial score (nSPS) is 27.1. The van der Waals surface area contributed by atoms with Crippen molar-refractivity contribution in [2.75, 3.05) is 6.54 Å². The molecule has 1 aromatic heterocycles. The molecule has 0 spiro atoms. The Morgan fingerprint density at radius 2 is 2.11 bits per heavy atom. The summed E-state index contributed by atoms with van der Waals surface area (Å²) in [5, 5.41) is 8.30. The van der Waals surface area contributed by atoms with Gasteiger partial charge in [0.25, 0.3) is 0 Å². The standard InChI is InChI=1S/C16H29N3/c1-5-14-11-15(19(7-3)18-14)10-13-8-9-16(12(13)4)17-6-2/h11-13,16-17H,5-10H2,1-4H3. The fourth-order valence-electron chi connectivity index (χ4n) is 3.48. The molecule has 1 saturated carbocycles. The van der Waals surface area contributed by atoms with Gasteiger partial charge in [0.15, 0.2) is 0 Å². The topological polar surface area (TPSA) is 29.9 Å². The monoisotopic (exact) mass is 263 g/mol. The highest BCUT2D eigenvalue weighted by Gasteiger charge is 2.32. The van der Waals surface area contributed by atoms with E-state index in [1.165, 1.54) is 30.7 Å². The van der Waals surface area contributed by atoms with Crippen LogP contribution in [0.25, 0.3) is 0 Å². The molecule has 0 bridgehead atoms. The predicted molar refractivity (Wildman–Crippen MR) is 80.3 cm³/mol. The zero-order valence-corrected chi connectivity index (χ0v) is 12.9. The number of nitrogens with zero attached hydrogens (tertiary/aromatic N) is 2. The minimum Gasteiger partial charge on any atom is -0.314 e. The van der Waals surface area contributed by atoms with Gasteiger partial charge in [-0.05, 0) is 57.1 Å². The Hall–Kier alpha value is -0.830. The fraction of sp³-hybridized carbons (Fsp3) is 0.812. The molecule has 1 heterocycles. The third-order valence-electron chi connectivity index (χ3n) is 4.74. The summed E-state index contributed by atoms with van der Waals surface area (Å²) in [6.07, 6.45) is 4.93. The number of rotatable bonds is 6. The van der Waals surface area contributed by atoms with E-state index >= 15 is 0 Å². The van der Waals surface area contributed by atoms with Crippen molar-refractivity contribution in [3.63, 3.8) is 0 Å². The van der Waals surface area contributed by atoms with Gasteiger partial charge in [0.05, 0.1) is 5.69 Å². The third kappa shape index (κ3) is 3.19. The van der Waals surface area contributed by atoms with Gasteiger partial charge in [0.1, 0.15) is 0 Å². The lowest BCUT2D eigenvalue weighted by molar-refractivity contribution is 0.349. The molecule has 1 aliphatic carbocycles. The maximum Gasteiger partial charge on any atom is 0.0624 e. The van der Waals surface area contributed by atoms with Gasteiger partial charge in [-0.25, -0.2) is 0 Å². The van der Waals surface area contributed by atoms with Gasteiger partial charge in [-0.1, -0.05) is 20.8 Å². The van der Waals surface area contributed by atoms with E-state index < -0.39 is 0 Å². The van der Waals surface area contributed by atoms with Gasteiger partial charge in [0, 0.05) is 18.3 Å². The maximum atomic E-state index is 4.67. The molecule has 3 nitrogen and oxygen atoms in total. The first kappa shape index (κ1) is 14.6. The van der Waals surface area contributed by atoms with Crippen LogP contribution in [0.5, 0.6) is 0 Å². The molecule has 108 valence electrons. The first-order chi connectivity index (χ1) is 9.19. The summed E-state index contributed by atoms with van der Waals surface area (Å²) in [4.78, 5) is 0. The van der Waals surface area contributed by atoms with E-state index in [9.17, 15) is 0 Å². The molecule has 3 unspecified atom stereocenters. The van der Waals surface area contributed by atoms with Crippen LogP contribution in [0.1, 0.15) is 51.9 Å². The van der Waals surface area contributed by atoms with Crippen molar-refractivity contribution in [1.29, 1.82) is 0 Å². The molecule has 3 heteroatoms. The fourth-order valence-corrected chi connectivity index (χ4v) is 3.48. The molecular weight excluding hydrogens is 234 g/mol. The predicted octanol–water partition coefficient (Wildman–Crippen LogP) is 3.03. The summed E-state index contributed by atoms with van der Waals surface area (Å²) in [5.74, 6) is 1.60. The molecule has 1 aliphatic rings. The van der Waals surface area contributed by atoms with Crippen molar-refractivity contribution in [3.8, 4) is 0 Å². The molecular formula is C16H29N3. The Morgan fingerprint density at radius 3 is 2.74 bits per heavy atom. The Labute approximate surface area is 117 Å². The largest absolute Gasteiger partial charge is 0.314 e. The van der Waals surface area contributed by atoms with Gasteiger partial charge >= 0.3 is 0 Å². The first-order valence-electron chi connectivity index (χ1n) is 7.98. The molecule has 1 fully saturated rings. The van der Waals surface area contributed by atoms with Gasteiger partial charge < -0.3 is 5.32 Å². The zero-order valence-electron chi connectivity index (χ0n) is 12.9. The summed E-state index contributed by atoms with van der Waals surface area (Å²) in [6, 6.07) is 3.04. The van der Waals surface area contributed by atoms with Crippen LogP contribution < -0.4 is 5.32 Å². The van der Waals surface area contributed by atoms with Crippen LogP contribution in [0.3, 0.4) is 0 Å². The lowest BCUT2D eigenvalue weighted by Crippen LogP contribution is -2.32. The minimum atomic E-state index is 0.721. The maximum absolute atomic E-state index is 4.67. The molecule has 19 heavy (non-hydrogen) atoms. The second-order valence-electron chi connectivity index (χ2n) is 5.86. The lowest BCUT2D eigenvalue weighted by Gasteiger charge is -2.21. The molecule has 0 radical (unpaired) electrons. The van der Waals surface area contributed by atoms with Crippen molar-refractivity contribution >= 4 is 0 Å². The smallest absolute Gasteiger partial charge is 0.0624 e. The van der Waals surface area contributed by atoms with E-state index in [-0.39, 0.29) is 0 Å². The van der Waals surface area contributed by atoms with E-state index in [1.807, 2.05) is 0 Å². The highest BCUT2D eigenvalue weighted by atomic mass is 15.3. The highest BCUT2D eigenvalue weighted by Crippen LogP contribution is 2.34. The SMILES string of the molecule is CCNC1CCC(Cc2cc(CC)nn2CC)C1C. The van der Waals surface area contributed by atoms with E-state index in [0.717, 1.165) is 37.4 Å². The highest BCUT2D eigenvalue weighted by molar-refractivity contribution is 5.12. The van der Waals surface area contributed by atoms with Crippen LogP contribution in [-0.2, 0) is 19.4 Å². The molecule has 3 atom stereocenters. The van der Waals surface area contributed by atoms with E-state index in [0.29, 0.717) is 0 Å². The minimum absolute atomic E-state index is 0.721. The van der Waals surface area contributed by atoms with Gasteiger partial charge in [-0.15, -0.1) is 0 Å². The second kappa shape index (κ2) is 6.56. The molecule has 0 amide bonds. The van der Waals surface area contributed by atoms with Crippen LogP contribution in [0, 0.1) is 11.8 Å². The Morgan fingerprint density at radius 1 is 1.32 bits per heavy atom. The number of aryl methyl sites for hydroxylation is 2. The average molecular weight is 263 g/mol. The third-order valence-corrected chi connectivity index (χ3v) is 4.74. The summed E-state index contributed by atoms with van der Waals surface area (Å²) in [5.41, 5.74) is 2.68. The van der Waals surface area contributed by atoms with E-state index in [2.05, 4.69) is 48.9 Å². The molecule has 1 aromatic rings. The number of hydrogen-bond donors (Lipinski definition) is 1. The van der Waals surface area contributed by atoms with Crippen LogP contribution in [0.15, 0.2) is 6.07 Å². The van der Waals surface area contributed by atoms with Crippen LogP contribution in [-0.4, -0.2) is 22.4 Å². The quantitative estimate of drug-likeness (QED) is 0.855. The van der Waals surface area contributed by atoms with Gasteiger partial charge in [-0.3, -0.25) is 4.68 Å². The zero-order chi connectivity index (χ0) is 13.8. The van der Waals surface area contributed by atoms with Gasteiger partial charge in [0.2, 0.25) is 0 Å². The Balaban J connectivity index is 2.03. The number of nitrogens with one attached hydrogen (secondary N) is 1. The molecule has 0 aliphatic heterocycles. The van der Waals surface area contributed by atoms with Crippen molar-refractivity contribution in [2.24, 2.45) is 11.8 Å². The van der Waals surface area contributed by atoms with Crippen molar-refractivity contribution in [1.82, 2.24) is 15.1 Å². The van der Waals surface area contributed by atoms with Crippen molar-refractivity contribution in [2.45, 2.75) is 66.0 Å². The van der Waals surface area contributed by atoms with E-state index in [4.69, 9.17) is 0 Å². The van der Waals surface area contributed by atoms with E-state index in [1.54, 1.807) is 0 Å². The van der Waals surface area contributed by atoms with Crippen LogP contribution in [0.2, 0.25) is 0 Å². The summed E-state index contributed by atoms with van der Waals surface area (Å²) >= 11 is 0. The number of hydrogen-bond acceptors (Lipinski definition) is 2. The average Bonchev–Trinajstić information content (AvgIpc) is 2.97. The van der Waals surface area contributed by atoms with Crippen LogP contribution >= 0.6 is 0 Å². The van der Waals surface area contributed by atoms with Crippen molar-refractivity contribution in [3.05, 3.63) is 17.5 Å². The van der Waals surface area contributed by atoms with Gasteiger partial charge in [-0.2, -0.15) is 5.10 Å². The summed E-state index contributed by atoms with van der Waals surface area (Å²) < 4.78 is 2.20.